The van der Waals surface area contributed by atoms with Gasteiger partial charge in [-0.3, -0.25) is 10.2 Å². The molecule has 1 amide bonds. The molecule has 0 saturated carbocycles. The van der Waals surface area contributed by atoms with Gasteiger partial charge in [-0.05, 0) is 47.2 Å². The first-order valence-corrected chi connectivity index (χ1v) is 8.94. The Balaban J connectivity index is 1.99. The monoisotopic (exact) mass is 390 g/mol. The van der Waals surface area contributed by atoms with Gasteiger partial charge in [-0.2, -0.15) is 0 Å². The molecule has 0 atom stereocenters. The maximum atomic E-state index is 12.6. The fraction of sp³-hybridized carbons (Fsp3) is 0.136. The number of nitrogens with two attached hydrogens (primary N) is 2. The predicted molar refractivity (Wildman–Crippen MR) is 114 cm³/mol. The van der Waals surface area contributed by atoms with E-state index >= 15 is 0 Å². The molecular formula is C22H22N4O3. The summed E-state index contributed by atoms with van der Waals surface area (Å²) < 4.78 is 5.59. The van der Waals surface area contributed by atoms with Gasteiger partial charge in [-0.15, -0.1) is 0 Å². The van der Waals surface area contributed by atoms with E-state index in [-0.39, 0.29) is 18.0 Å². The molecule has 5 N–H and O–H groups in total. The molecule has 0 aliphatic carbocycles. The number of amides is 1. The largest absolute Gasteiger partial charge is 0.423 e. The highest BCUT2D eigenvalue weighted by molar-refractivity contribution is 6.01. The van der Waals surface area contributed by atoms with E-state index in [0.717, 1.165) is 11.1 Å². The Labute approximate surface area is 168 Å². The van der Waals surface area contributed by atoms with Gasteiger partial charge in [-0.25, -0.2) is 4.79 Å². The summed E-state index contributed by atoms with van der Waals surface area (Å²) in [5.74, 6) is -0.852. The molecule has 0 unspecified atom stereocenters. The van der Waals surface area contributed by atoms with Gasteiger partial charge in [0.25, 0.3) is 0 Å². The third-order valence-corrected chi connectivity index (χ3v) is 4.57. The highest BCUT2D eigenvalue weighted by Gasteiger charge is 2.16. The highest BCUT2D eigenvalue weighted by atomic mass is 16.5. The normalized spacial score (nSPS) is 10.6. The van der Waals surface area contributed by atoms with Gasteiger partial charge in [0.05, 0.1) is 12.0 Å². The molecular weight excluding hydrogens is 368 g/mol. The fourth-order valence-electron chi connectivity index (χ4n) is 3.05. The van der Waals surface area contributed by atoms with Crippen LogP contribution in [0.1, 0.15) is 21.5 Å². The predicted octanol–water partition coefficient (Wildman–Crippen LogP) is 2.44. The van der Waals surface area contributed by atoms with Crippen LogP contribution in [0.2, 0.25) is 0 Å². The number of rotatable bonds is 6. The molecule has 0 saturated heterocycles. The number of amidine groups is 1. The van der Waals surface area contributed by atoms with Gasteiger partial charge < -0.3 is 21.1 Å². The number of benzene rings is 3. The van der Waals surface area contributed by atoms with E-state index in [2.05, 4.69) is 0 Å². The van der Waals surface area contributed by atoms with Crippen molar-refractivity contribution >= 4 is 34.2 Å². The smallest absolute Gasteiger partial charge is 0.343 e. The number of nitrogen functional groups attached to an aromatic ring is 1. The zero-order valence-electron chi connectivity index (χ0n) is 16.2. The molecule has 3 rings (SSSR count). The Morgan fingerprint density at radius 2 is 1.62 bits per heavy atom. The van der Waals surface area contributed by atoms with Crippen molar-refractivity contribution in [3.63, 3.8) is 0 Å². The molecule has 3 aromatic rings. The van der Waals surface area contributed by atoms with Crippen LogP contribution in [-0.2, 0) is 11.2 Å². The first kappa shape index (κ1) is 19.9. The quantitative estimate of drug-likeness (QED) is 0.258. The van der Waals surface area contributed by atoms with Crippen molar-refractivity contribution < 1.29 is 14.3 Å². The summed E-state index contributed by atoms with van der Waals surface area (Å²) >= 11 is 0. The van der Waals surface area contributed by atoms with Crippen molar-refractivity contribution in [1.82, 2.24) is 0 Å². The zero-order valence-corrected chi connectivity index (χ0v) is 16.2. The van der Waals surface area contributed by atoms with Crippen LogP contribution in [0.3, 0.4) is 0 Å². The molecule has 148 valence electrons. The molecule has 0 bridgehead atoms. The summed E-state index contributed by atoms with van der Waals surface area (Å²) in [7, 11) is 3.83. The van der Waals surface area contributed by atoms with Crippen LogP contribution >= 0.6 is 0 Å². The summed E-state index contributed by atoms with van der Waals surface area (Å²) in [6, 6.07) is 15.6. The molecule has 0 fully saturated rings. The second kappa shape index (κ2) is 8.02. The number of carbonyl (C=O) groups excluding carboxylic acids is 2. The molecule has 0 aliphatic rings. The molecule has 7 nitrogen and oxygen atoms in total. The molecule has 29 heavy (non-hydrogen) atoms. The van der Waals surface area contributed by atoms with Crippen molar-refractivity contribution in [2.24, 2.45) is 11.5 Å². The minimum absolute atomic E-state index is 0.0555. The summed E-state index contributed by atoms with van der Waals surface area (Å²) in [5.41, 5.74) is 13.4. The van der Waals surface area contributed by atoms with Crippen LogP contribution in [0.4, 0.5) is 5.69 Å². The molecule has 0 aromatic heterocycles. The van der Waals surface area contributed by atoms with E-state index in [4.69, 9.17) is 21.6 Å². The maximum absolute atomic E-state index is 12.6. The second-order valence-corrected chi connectivity index (χ2v) is 6.87. The Bertz CT molecular complexity index is 1100. The van der Waals surface area contributed by atoms with Gasteiger partial charge in [-0.1, -0.05) is 18.2 Å². The first-order chi connectivity index (χ1) is 13.8. The standard InChI is InChI=1S/C22H22N4O3/c1-26(2)16-7-3-13(4-8-16)22(28)29-19-10-6-14-11-15(21(24)25)5-9-17(14)18(19)12-20(23)27/h3-11H,12H2,1-2H3,(H2,23,27)(H3,24,25). The lowest BCUT2D eigenvalue weighted by atomic mass is 9.98. The number of primary amides is 1. The number of fused-ring (bicyclic) bond motifs is 1. The molecule has 0 radical (unpaired) electrons. The lowest BCUT2D eigenvalue weighted by Gasteiger charge is -2.14. The van der Waals surface area contributed by atoms with E-state index in [1.807, 2.05) is 31.1 Å². The van der Waals surface area contributed by atoms with Gasteiger partial charge >= 0.3 is 5.97 Å². The molecule has 3 aromatic carbocycles. The van der Waals surface area contributed by atoms with E-state index in [0.29, 0.717) is 22.1 Å². The summed E-state index contributed by atoms with van der Waals surface area (Å²) in [5, 5.41) is 9.06. The maximum Gasteiger partial charge on any atom is 0.343 e. The van der Waals surface area contributed by atoms with Crippen molar-refractivity contribution in [3.05, 3.63) is 71.3 Å². The van der Waals surface area contributed by atoms with Crippen LogP contribution in [0.15, 0.2) is 54.6 Å². The van der Waals surface area contributed by atoms with Crippen LogP contribution < -0.4 is 21.1 Å². The van der Waals surface area contributed by atoms with E-state index in [9.17, 15) is 9.59 Å². The van der Waals surface area contributed by atoms with E-state index in [1.165, 1.54) is 0 Å². The summed E-state index contributed by atoms with van der Waals surface area (Å²) in [4.78, 5) is 26.2. The van der Waals surface area contributed by atoms with Crippen LogP contribution in [0, 0.1) is 5.41 Å². The van der Waals surface area contributed by atoms with Crippen LogP contribution in [-0.4, -0.2) is 31.8 Å². The number of nitrogens with one attached hydrogen (secondary N) is 1. The SMILES string of the molecule is CN(C)c1ccc(C(=O)Oc2ccc3cc(C(=N)N)ccc3c2CC(N)=O)cc1. The fourth-order valence-corrected chi connectivity index (χ4v) is 3.05. The number of nitrogens with zero attached hydrogens (tertiary/aromatic N) is 1. The zero-order chi connectivity index (χ0) is 21.1. The van der Waals surface area contributed by atoms with Crippen LogP contribution in [0.5, 0.6) is 5.75 Å². The summed E-state index contributed by atoms with van der Waals surface area (Å²) in [6.07, 6.45) is -0.0844. The minimum Gasteiger partial charge on any atom is -0.423 e. The first-order valence-electron chi connectivity index (χ1n) is 8.94. The average Bonchev–Trinajstić information content (AvgIpc) is 2.68. The van der Waals surface area contributed by atoms with E-state index < -0.39 is 11.9 Å². The van der Waals surface area contributed by atoms with Crippen LogP contribution in [0.25, 0.3) is 10.8 Å². The van der Waals surface area contributed by atoms with Gasteiger partial charge in [0, 0.05) is 30.9 Å². The second-order valence-electron chi connectivity index (χ2n) is 6.87. The number of hydrogen-bond donors (Lipinski definition) is 3. The summed E-state index contributed by atoms with van der Waals surface area (Å²) in [6.45, 7) is 0. The Hall–Kier alpha value is -3.87. The van der Waals surface area contributed by atoms with Crippen molar-refractivity contribution in [3.8, 4) is 5.75 Å². The number of anilines is 1. The number of carbonyl (C=O) groups is 2. The Morgan fingerprint density at radius 1 is 0.966 bits per heavy atom. The average molecular weight is 390 g/mol. The topological polar surface area (TPSA) is 122 Å². The highest BCUT2D eigenvalue weighted by Crippen LogP contribution is 2.30. The van der Waals surface area contributed by atoms with Gasteiger partial charge in [0.2, 0.25) is 5.91 Å². The number of ether oxygens (including phenoxy) is 1. The molecule has 0 aliphatic heterocycles. The van der Waals surface area contributed by atoms with Gasteiger partial charge in [0.1, 0.15) is 11.6 Å². The molecule has 0 spiro atoms. The van der Waals surface area contributed by atoms with Crippen molar-refractivity contribution in [2.45, 2.75) is 6.42 Å². The minimum atomic E-state index is -0.541. The molecule has 0 heterocycles. The number of hydrogen-bond acceptors (Lipinski definition) is 5. The van der Waals surface area contributed by atoms with Crippen molar-refractivity contribution in [2.75, 3.05) is 19.0 Å². The molecule has 7 heteroatoms. The Morgan fingerprint density at radius 3 is 2.21 bits per heavy atom. The number of esters is 1. The third-order valence-electron chi connectivity index (χ3n) is 4.57. The lowest BCUT2D eigenvalue weighted by molar-refractivity contribution is -0.117. The van der Waals surface area contributed by atoms with E-state index in [1.54, 1.807) is 42.5 Å². The van der Waals surface area contributed by atoms with Crippen molar-refractivity contribution in [1.29, 1.82) is 5.41 Å². The Kier molecular flexibility index (Phi) is 5.50. The van der Waals surface area contributed by atoms with Gasteiger partial charge in [0.15, 0.2) is 0 Å². The third kappa shape index (κ3) is 4.35. The lowest BCUT2D eigenvalue weighted by Crippen LogP contribution is -2.17.